The molecule has 4 rings (SSSR count). The summed E-state index contributed by atoms with van der Waals surface area (Å²) in [6.45, 7) is 1.74. The number of carbonyl (C=O) groups excluding carboxylic acids is 1. The number of nitrogens with one attached hydrogen (secondary N) is 2. The van der Waals surface area contributed by atoms with E-state index >= 15 is 0 Å². The minimum absolute atomic E-state index is 0.0638. The second kappa shape index (κ2) is 8.58. The minimum Gasteiger partial charge on any atom is -0.451 e. The molecule has 31 heavy (non-hydrogen) atoms. The summed E-state index contributed by atoms with van der Waals surface area (Å²) in [6, 6.07) is 11.1. The van der Waals surface area contributed by atoms with Gasteiger partial charge in [0.2, 0.25) is 5.16 Å². The number of hydrogen-bond donors (Lipinski definition) is 2. The number of furan rings is 1. The van der Waals surface area contributed by atoms with Gasteiger partial charge in [-0.3, -0.25) is 20.0 Å². The van der Waals surface area contributed by atoms with Crippen LogP contribution in [0.4, 0.5) is 5.69 Å². The van der Waals surface area contributed by atoms with Gasteiger partial charge in [-0.05, 0) is 49.0 Å². The number of halogens is 1. The molecular formula is C19H13ClN6O4S. The number of nitro groups is 1. The minimum atomic E-state index is -0.565. The molecule has 1 amide bonds. The highest BCUT2D eigenvalue weighted by molar-refractivity contribution is 7.99. The van der Waals surface area contributed by atoms with Crippen LogP contribution in [0.2, 0.25) is 5.02 Å². The van der Waals surface area contributed by atoms with Gasteiger partial charge >= 0.3 is 5.91 Å². The Labute approximate surface area is 183 Å². The fourth-order valence-corrected chi connectivity index (χ4v) is 3.68. The van der Waals surface area contributed by atoms with Gasteiger partial charge in [0.05, 0.1) is 16.0 Å². The van der Waals surface area contributed by atoms with Gasteiger partial charge in [-0.25, -0.2) is 10.4 Å². The standard InChI is InChI=1S/C19H13ClN6O4S/c1-10-22-19(25-23-10)31-17-5-2-11(6-14(17)26(28)29)9-21-24-18(27)16-8-12-7-13(20)3-4-15(12)30-16/h2-9H,1H3,(H,24,27)(H,22,23,25)/b21-9+. The molecule has 156 valence electrons. The molecule has 4 aromatic rings. The Morgan fingerprint density at radius 2 is 2.16 bits per heavy atom. The maximum Gasteiger partial charge on any atom is 0.307 e. The predicted octanol–water partition coefficient (Wildman–Crippen LogP) is 4.34. The maximum atomic E-state index is 12.2. The third-order valence-corrected chi connectivity index (χ3v) is 5.20. The number of nitrogens with zero attached hydrogens (tertiary/aromatic N) is 4. The SMILES string of the molecule is Cc1nc(Sc2ccc(/C=N/NC(=O)c3cc4cc(Cl)ccc4o3)cc2[N+](=O)[O-])n[nH]1. The molecule has 0 radical (unpaired) electrons. The van der Waals surface area contributed by atoms with E-state index in [1.54, 1.807) is 43.3 Å². The van der Waals surface area contributed by atoms with Gasteiger partial charge in [-0.1, -0.05) is 17.7 Å². The van der Waals surface area contributed by atoms with Crippen LogP contribution in [-0.2, 0) is 0 Å². The Morgan fingerprint density at radius 3 is 2.90 bits per heavy atom. The van der Waals surface area contributed by atoms with Crippen molar-refractivity contribution >= 4 is 52.1 Å². The molecule has 2 N–H and O–H groups in total. The molecular weight excluding hydrogens is 444 g/mol. The largest absolute Gasteiger partial charge is 0.451 e. The van der Waals surface area contributed by atoms with Gasteiger partial charge < -0.3 is 4.42 Å². The van der Waals surface area contributed by atoms with E-state index in [-0.39, 0.29) is 11.4 Å². The van der Waals surface area contributed by atoms with E-state index in [1.807, 2.05) is 0 Å². The molecule has 0 aliphatic carbocycles. The number of aryl methyl sites for hydroxylation is 1. The average molecular weight is 457 g/mol. The van der Waals surface area contributed by atoms with Crippen molar-refractivity contribution in [1.29, 1.82) is 0 Å². The summed E-state index contributed by atoms with van der Waals surface area (Å²) >= 11 is 7.00. The molecule has 0 saturated carbocycles. The number of carbonyl (C=O) groups is 1. The average Bonchev–Trinajstić information content (AvgIpc) is 3.34. The number of amides is 1. The number of rotatable bonds is 6. The Bertz CT molecular complexity index is 1330. The molecule has 2 heterocycles. The zero-order chi connectivity index (χ0) is 22.0. The van der Waals surface area contributed by atoms with Crippen LogP contribution in [0.5, 0.6) is 0 Å². The maximum absolute atomic E-state index is 12.2. The topological polar surface area (TPSA) is 139 Å². The van der Waals surface area contributed by atoms with E-state index in [2.05, 4.69) is 25.7 Å². The first-order valence-corrected chi connectivity index (χ1v) is 9.96. The van der Waals surface area contributed by atoms with Crippen molar-refractivity contribution in [2.75, 3.05) is 0 Å². The molecule has 0 spiro atoms. The Kier molecular flexibility index (Phi) is 5.69. The van der Waals surface area contributed by atoms with E-state index < -0.39 is 10.8 Å². The number of nitro benzene ring substituents is 1. The van der Waals surface area contributed by atoms with Crippen LogP contribution >= 0.6 is 23.4 Å². The molecule has 0 fully saturated rings. The number of aromatic nitrogens is 3. The lowest BCUT2D eigenvalue weighted by atomic mass is 10.2. The molecule has 2 aromatic heterocycles. The lowest BCUT2D eigenvalue weighted by Crippen LogP contribution is -2.16. The van der Waals surface area contributed by atoms with Crippen LogP contribution in [-0.4, -0.2) is 32.2 Å². The molecule has 12 heteroatoms. The molecule has 0 aliphatic rings. The van der Waals surface area contributed by atoms with Gasteiger partial charge in [0.25, 0.3) is 5.69 Å². The molecule has 10 nitrogen and oxygen atoms in total. The monoisotopic (exact) mass is 456 g/mol. The lowest BCUT2D eigenvalue weighted by molar-refractivity contribution is -0.387. The van der Waals surface area contributed by atoms with E-state index in [4.69, 9.17) is 16.0 Å². The summed E-state index contributed by atoms with van der Waals surface area (Å²) in [5, 5.41) is 23.5. The van der Waals surface area contributed by atoms with Crippen molar-refractivity contribution in [3.05, 3.63) is 74.7 Å². The highest BCUT2D eigenvalue weighted by Crippen LogP contribution is 2.33. The Hall–Kier alpha value is -3.70. The van der Waals surface area contributed by atoms with Crippen LogP contribution in [0.3, 0.4) is 0 Å². The third-order valence-electron chi connectivity index (χ3n) is 4.04. The quantitative estimate of drug-likeness (QED) is 0.250. The second-order valence-corrected chi connectivity index (χ2v) is 7.73. The van der Waals surface area contributed by atoms with Crippen molar-refractivity contribution in [1.82, 2.24) is 20.6 Å². The van der Waals surface area contributed by atoms with Crippen LogP contribution in [0, 0.1) is 17.0 Å². The number of benzene rings is 2. The fourth-order valence-electron chi connectivity index (χ4n) is 2.66. The highest BCUT2D eigenvalue weighted by atomic mass is 35.5. The predicted molar refractivity (Wildman–Crippen MR) is 115 cm³/mol. The van der Waals surface area contributed by atoms with E-state index in [9.17, 15) is 14.9 Å². The molecule has 0 saturated heterocycles. The van der Waals surface area contributed by atoms with Crippen molar-refractivity contribution in [3.63, 3.8) is 0 Å². The van der Waals surface area contributed by atoms with E-state index in [1.165, 1.54) is 12.3 Å². The number of hydrazone groups is 1. The summed E-state index contributed by atoms with van der Waals surface area (Å²) < 4.78 is 5.46. The van der Waals surface area contributed by atoms with Crippen LogP contribution in [0.1, 0.15) is 21.9 Å². The van der Waals surface area contributed by atoms with Crippen molar-refractivity contribution in [2.45, 2.75) is 17.0 Å². The summed E-state index contributed by atoms with van der Waals surface area (Å²) in [7, 11) is 0. The molecule has 0 aliphatic heterocycles. The summed E-state index contributed by atoms with van der Waals surface area (Å²) in [6.07, 6.45) is 1.30. The van der Waals surface area contributed by atoms with Gasteiger partial charge in [0.15, 0.2) is 5.76 Å². The van der Waals surface area contributed by atoms with Crippen molar-refractivity contribution < 1.29 is 14.1 Å². The summed E-state index contributed by atoms with van der Waals surface area (Å²) in [5.41, 5.74) is 3.15. The first-order valence-electron chi connectivity index (χ1n) is 8.77. The Morgan fingerprint density at radius 1 is 1.32 bits per heavy atom. The fraction of sp³-hybridized carbons (Fsp3) is 0.0526. The third kappa shape index (κ3) is 4.73. The van der Waals surface area contributed by atoms with Crippen LogP contribution < -0.4 is 5.43 Å². The lowest BCUT2D eigenvalue weighted by Gasteiger charge is -2.01. The summed E-state index contributed by atoms with van der Waals surface area (Å²) in [4.78, 5) is 27.7. The van der Waals surface area contributed by atoms with Gasteiger partial charge in [0.1, 0.15) is 11.4 Å². The normalized spacial score (nSPS) is 11.3. The van der Waals surface area contributed by atoms with Crippen molar-refractivity contribution in [3.8, 4) is 0 Å². The first kappa shape index (κ1) is 20.6. The first-order chi connectivity index (χ1) is 14.9. The molecule has 0 atom stereocenters. The van der Waals surface area contributed by atoms with Crippen LogP contribution in [0.15, 0.2) is 62.0 Å². The smallest absolute Gasteiger partial charge is 0.307 e. The number of hydrogen-bond acceptors (Lipinski definition) is 8. The van der Waals surface area contributed by atoms with E-state index in [0.717, 1.165) is 11.8 Å². The summed E-state index contributed by atoms with van der Waals surface area (Å²) in [5.74, 6) is 0.108. The zero-order valence-corrected chi connectivity index (χ0v) is 17.4. The van der Waals surface area contributed by atoms with Gasteiger partial charge in [-0.15, -0.1) is 5.10 Å². The van der Waals surface area contributed by atoms with Gasteiger partial charge in [0, 0.05) is 22.0 Å². The van der Waals surface area contributed by atoms with E-state index in [0.29, 0.717) is 37.4 Å². The van der Waals surface area contributed by atoms with Crippen molar-refractivity contribution in [2.24, 2.45) is 5.10 Å². The molecule has 0 bridgehead atoms. The van der Waals surface area contributed by atoms with Gasteiger partial charge in [-0.2, -0.15) is 5.10 Å². The number of H-pyrrole nitrogens is 1. The molecule has 0 unspecified atom stereocenters. The number of fused-ring (bicyclic) bond motifs is 1. The Balaban J connectivity index is 1.48. The highest BCUT2D eigenvalue weighted by Gasteiger charge is 2.17. The van der Waals surface area contributed by atoms with Crippen LogP contribution in [0.25, 0.3) is 11.0 Å². The second-order valence-electron chi connectivity index (χ2n) is 6.28. The number of aromatic amines is 1. The zero-order valence-electron chi connectivity index (χ0n) is 15.8. The molecule has 2 aromatic carbocycles.